The standard InChI is InChI=1S/4C7H6O3.Zn/c4*8-6-4-2-1-3-5(6)7(9)10;/h4*1-4,8H,(H,9,10);. The van der Waals surface area contributed by atoms with Crippen molar-refractivity contribution in [2.75, 3.05) is 0 Å². The Bertz CT molecular complexity index is 1250. The molecule has 4 aromatic carbocycles. The molecule has 13 heteroatoms. The van der Waals surface area contributed by atoms with Crippen LogP contribution in [0.15, 0.2) is 97.1 Å². The number of para-hydroxylation sites is 4. The first-order chi connectivity index (χ1) is 18.9. The van der Waals surface area contributed by atoms with Crippen LogP contribution in [0.3, 0.4) is 0 Å². The average Bonchev–Trinajstić information content (AvgIpc) is 2.90. The Balaban J connectivity index is 0.000000516. The first-order valence-electron chi connectivity index (χ1n) is 10.9. The number of benzene rings is 4. The molecule has 0 fully saturated rings. The number of aromatic carboxylic acids is 4. The molecule has 0 bridgehead atoms. The summed E-state index contributed by atoms with van der Waals surface area (Å²) in [6, 6.07) is 23.2. The summed E-state index contributed by atoms with van der Waals surface area (Å²) in [5.41, 5.74) is -0.269. The molecule has 0 amide bonds. The Labute approximate surface area is 245 Å². The van der Waals surface area contributed by atoms with Gasteiger partial charge in [-0.25, -0.2) is 19.2 Å². The van der Waals surface area contributed by atoms with E-state index in [1.165, 1.54) is 48.5 Å². The van der Waals surface area contributed by atoms with E-state index in [0.29, 0.717) is 0 Å². The summed E-state index contributed by atoms with van der Waals surface area (Å²) < 4.78 is 0. The smallest absolute Gasteiger partial charge is 0.339 e. The van der Waals surface area contributed by atoms with E-state index < -0.39 is 23.9 Å². The summed E-state index contributed by atoms with van der Waals surface area (Å²) >= 11 is 0. The average molecular weight is 618 g/mol. The molecule has 0 saturated carbocycles. The summed E-state index contributed by atoms with van der Waals surface area (Å²) in [4.78, 5) is 41.0. The van der Waals surface area contributed by atoms with Gasteiger partial charge in [0.15, 0.2) is 0 Å². The summed E-state index contributed by atoms with van der Waals surface area (Å²) in [5.74, 6) is -5.25. The third-order valence-corrected chi connectivity index (χ3v) is 4.54. The SMILES string of the molecule is O=C(O)c1ccccc1O.O=C(O)c1ccccc1O.O=C(O)c1ccccc1O.O=C(O)c1ccccc1O.[Zn]. The summed E-state index contributed by atoms with van der Waals surface area (Å²) in [5, 5.41) is 69.2. The first kappa shape index (κ1) is 35.6. The van der Waals surface area contributed by atoms with Gasteiger partial charge in [-0.1, -0.05) is 48.5 Å². The van der Waals surface area contributed by atoms with Gasteiger partial charge >= 0.3 is 23.9 Å². The summed E-state index contributed by atoms with van der Waals surface area (Å²) in [7, 11) is 0. The first-order valence-corrected chi connectivity index (χ1v) is 10.9. The van der Waals surface area contributed by atoms with E-state index in [1.807, 2.05) is 0 Å². The molecule has 8 N–H and O–H groups in total. The fourth-order valence-electron chi connectivity index (χ4n) is 2.62. The Morgan fingerprint density at radius 3 is 0.585 bits per heavy atom. The van der Waals surface area contributed by atoms with Crippen molar-refractivity contribution < 1.29 is 79.5 Å². The number of aromatic hydroxyl groups is 4. The third kappa shape index (κ3) is 12.3. The molecule has 0 aliphatic carbocycles. The molecule has 4 aromatic rings. The quantitative estimate of drug-likeness (QED) is 0.149. The Morgan fingerprint density at radius 2 is 0.488 bits per heavy atom. The zero-order valence-corrected chi connectivity index (χ0v) is 24.1. The molecule has 0 saturated heterocycles. The minimum absolute atomic E-state index is 0. The second-order valence-electron chi connectivity index (χ2n) is 7.29. The molecule has 41 heavy (non-hydrogen) atoms. The maximum atomic E-state index is 10.3. The molecule has 0 spiro atoms. The van der Waals surface area contributed by atoms with Crippen molar-refractivity contribution in [1.29, 1.82) is 0 Å². The molecule has 0 aliphatic rings. The van der Waals surface area contributed by atoms with E-state index in [4.69, 9.17) is 40.9 Å². The molecule has 4 rings (SSSR count). The van der Waals surface area contributed by atoms with E-state index in [0.717, 1.165) is 0 Å². The predicted octanol–water partition coefficient (Wildman–Crippen LogP) is 4.36. The minimum Gasteiger partial charge on any atom is -0.507 e. The normalized spacial score (nSPS) is 8.98. The van der Waals surface area contributed by atoms with Crippen LogP contribution in [0, 0.1) is 0 Å². The van der Waals surface area contributed by atoms with Gasteiger partial charge in [0.05, 0.1) is 0 Å². The van der Waals surface area contributed by atoms with E-state index in [2.05, 4.69) is 0 Å². The van der Waals surface area contributed by atoms with Crippen LogP contribution in [0.4, 0.5) is 0 Å². The molecular formula is C28H24O12Zn. The topological polar surface area (TPSA) is 230 Å². The fourth-order valence-corrected chi connectivity index (χ4v) is 2.62. The molecule has 0 aliphatic heterocycles. The monoisotopic (exact) mass is 616 g/mol. The Morgan fingerprint density at radius 1 is 0.341 bits per heavy atom. The van der Waals surface area contributed by atoms with Crippen LogP contribution in [0.2, 0.25) is 0 Å². The number of phenols is 4. The van der Waals surface area contributed by atoms with Crippen LogP contribution in [-0.4, -0.2) is 64.7 Å². The van der Waals surface area contributed by atoms with Crippen molar-refractivity contribution in [1.82, 2.24) is 0 Å². The van der Waals surface area contributed by atoms with Gasteiger partial charge in [-0.15, -0.1) is 0 Å². The number of hydrogen-bond acceptors (Lipinski definition) is 8. The van der Waals surface area contributed by atoms with Gasteiger partial charge in [-0.3, -0.25) is 0 Å². The second kappa shape index (κ2) is 18.0. The van der Waals surface area contributed by atoms with Crippen molar-refractivity contribution in [3.05, 3.63) is 119 Å². The fraction of sp³-hybridized carbons (Fsp3) is 0. The van der Waals surface area contributed by atoms with E-state index >= 15 is 0 Å². The Kier molecular flexibility index (Phi) is 15.6. The molecule has 0 unspecified atom stereocenters. The van der Waals surface area contributed by atoms with Gasteiger partial charge in [-0.2, -0.15) is 0 Å². The maximum Gasteiger partial charge on any atom is 0.339 e. The van der Waals surface area contributed by atoms with Crippen LogP contribution >= 0.6 is 0 Å². The van der Waals surface area contributed by atoms with Gasteiger partial charge in [0.2, 0.25) is 0 Å². The van der Waals surface area contributed by atoms with Gasteiger partial charge in [0.25, 0.3) is 0 Å². The number of rotatable bonds is 4. The molecule has 0 radical (unpaired) electrons. The molecular weight excluding hydrogens is 594 g/mol. The van der Waals surface area contributed by atoms with Crippen LogP contribution in [0.1, 0.15) is 41.4 Å². The van der Waals surface area contributed by atoms with Crippen LogP contribution in [0.5, 0.6) is 23.0 Å². The number of carboxylic acids is 4. The van der Waals surface area contributed by atoms with Gasteiger partial charge < -0.3 is 40.9 Å². The number of hydrogen-bond donors (Lipinski definition) is 8. The summed E-state index contributed by atoms with van der Waals surface area (Å²) in [6.07, 6.45) is 0. The van der Waals surface area contributed by atoms with Crippen molar-refractivity contribution >= 4 is 23.9 Å². The Hall–Kier alpha value is -5.42. The van der Waals surface area contributed by atoms with Crippen LogP contribution in [-0.2, 0) is 19.5 Å². The van der Waals surface area contributed by atoms with Crippen LogP contribution < -0.4 is 0 Å². The predicted molar refractivity (Wildman–Crippen MR) is 140 cm³/mol. The molecule has 0 heterocycles. The van der Waals surface area contributed by atoms with Crippen molar-refractivity contribution in [2.24, 2.45) is 0 Å². The molecule has 12 nitrogen and oxygen atoms in total. The summed E-state index contributed by atoms with van der Waals surface area (Å²) in [6.45, 7) is 0. The zero-order valence-electron chi connectivity index (χ0n) is 21.2. The van der Waals surface area contributed by atoms with Gasteiger partial charge in [0, 0.05) is 19.5 Å². The van der Waals surface area contributed by atoms with E-state index in [-0.39, 0.29) is 64.7 Å². The number of carbonyl (C=O) groups is 4. The second-order valence-corrected chi connectivity index (χ2v) is 7.29. The van der Waals surface area contributed by atoms with Crippen molar-refractivity contribution in [3.8, 4) is 23.0 Å². The van der Waals surface area contributed by atoms with Crippen molar-refractivity contribution in [2.45, 2.75) is 0 Å². The molecule has 0 atom stereocenters. The van der Waals surface area contributed by atoms with Gasteiger partial charge in [-0.05, 0) is 48.5 Å². The zero-order chi connectivity index (χ0) is 30.2. The number of carboxylic acid groups (broad SMARTS) is 4. The minimum atomic E-state index is -1.11. The molecule has 0 aromatic heterocycles. The third-order valence-electron chi connectivity index (χ3n) is 4.54. The van der Waals surface area contributed by atoms with Crippen molar-refractivity contribution in [3.63, 3.8) is 0 Å². The maximum absolute atomic E-state index is 10.3. The molecule has 210 valence electrons. The van der Waals surface area contributed by atoms with E-state index in [1.54, 1.807) is 48.5 Å². The van der Waals surface area contributed by atoms with Crippen LogP contribution in [0.25, 0.3) is 0 Å². The largest absolute Gasteiger partial charge is 0.507 e. The van der Waals surface area contributed by atoms with E-state index in [9.17, 15) is 19.2 Å². The van der Waals surface area contributed by atoms with Gasteiger partial charge in [0.1, 0.15) is 45.3 Å².